The predicted molar refractivity (Wildman–Crippen MR) is 86.0 cm³/mol. The van der Waals surface area contributed by atoms with Crippen LogP contribution in [0.1, 0.15) is 41.0 Å². The van der Waals surface area contributed by atoms with Crippen molar-refractivity contribution >= 4 is 11.3 Å². The highest BCUT2D eigenvalue weighted by atomic mass is 32.1. The average Bonchev–Trinajstić information content (AvgIpc) is 3.22. The summed E-state index contributed by atoms with van der Waals surface area (Å²) in [6.07, 6.45) is 3.35. The molecule has 2 aromatic heterocycles. The lowest BCUT2D eigenvalue weighted by Crippen LogP contribution is -2.26. The molecule has 0 spiro atoms. The third-order valence-corrected chi connectivity index (χ3v) is 5.71. The van der Waals surface area contributed by atoms with Crippen molar-refractivity contribution in [3.8, 4) is 0 Å². The Morgan fingerprint density at radius 1 is 1.32 bits per heavy atom. The first-order valence-electron chi connectivity index (χ1n) is 8.10. The van der Waals surface area contributed by atoms with Crippen LogP contribution >= 0.6 is 11.3 Å². The Labute approximate surface area is 134 Å². The van der Waals surface area contributed by atoms with Crippen molar-refractivity contribution in [2.45, 2.75) is 45.4 Å². The number of hydrogen-bond donors (Lipinski definition) is 0. The number of hydrogen-bond acceptors (Lipinski definition) is 5. The topological polar surface area (TPSA) is 43.2 Å². The quantitative estimate of drug-likeness (QED) is 0.872. The van der Waals surface area contributed by atoms with E-state index < -0.39 is 0 Å². The van der Waals surface area contributed by atoms with E-state index in [1.54, 1.807) is 0 Å². The van der Waals surface area contributed by atoms with Crippen LogP contribution in [0.4, 0.5) is 0 Å². The lowest BCUT2D eigenvalue weighted by Gasteiger charge is -2.19. The second-order valence-electron chi connectivity index (χ2n) is 6.18. The Hall–Kier alpha value is -1.24. The van der Waals surface area contributed by atoms with Gasteiger partial charge in [0.15, 0.2) is 5.82 Å². The van der Waals surface area contributed by atoms with E-state index in [0.717, 1.165) is 63.7 Å². The molecule has 0 radical (unpaired) electrons. The van der Waals surface area contributed by atoms with Gasteiger partial charge >= 0.3 is 0 Å². The second-order valence-corrected chi connectivity index (χ2v) is 7.18. The Bertz CT molecular complexity index is 644. The molecule has 2 aromatic rings. The summed E-state index contributed by atoms with van der Waals surface area (Å²) in [6.45, 7) is 7.20. The smallest absolute Gasteiger partial charge is 0.162 e. The average molecular weight is 318 g/mol. The molecule has 0 bridgehead atoms. The molecule has 1 fully saturated rings. The van der Waals surface area contributed by atoms with Gasteiger partial charge in [-0.25, -0.2) is 0 Å². The predicted octanol–water partition coefficient (Wildman–Crippen LogP) is 2.56. The third kappa shape index (κ3) is 2.71. The summed E-state index contributed by atoms with van der Waals surface area (Å²) in [5.41, 5.74) is 1.41. The van der Waals surface area contributed by atoms with Crippen LogP contribution in [0.25, 0.3) is 0 Å². The molecule has 1 atom stereocenters. The molecule has 0 aromatic carbocycles. The number of aryl methyl sites for hydroxylation is 1. The van der Waals surface area contributed by atoms with E-state index >= 15 is 0 Å². The van der Waals surface area contributed by atoms with E-state index in [9.17, 15) is 0 Å². The van der Waals surface area contributed by atoms with Crippen molar-refractivity contribution in [1.29, 1.82) is 0 Å². The van der Waals surface area contributed by atoms with Crippen molar-refractivity contribution in [2.24, 2.45) is 0 Å². The summed E-state index contributed by atoms with van der Waals surface area (Å²) >= 11 is 1.86. The zero-order valence-electron chi connectivity index (χ0n) is 13.0. The lowest BCUT2D eigenvalue weighted by molar-refractivity contribution is 0.101. The Morgan fingerprint density at radius 2 is 2.27 bits per heavy atom. The fourth-order valence-electron chi connectivity index (χ4n) is 3.34. The van der Waals surface area contributed by atoms with Gasteiger partial charge in [-0.1, -0.05) is 0 Å². The molecular weight excluding hydrogens is 296 g/mol. The molecule has 0 aliphatic carbocycles. The van der Waals surface area contributed by atoms with E-state index in [1.165, 1.54) is 10.4 Å². The molecule has 5 nitrogen and oxygen atoms in total. The number of thiophene rings is 1. The van der Waals surface area contributed by atoms with E-state index in [4.69, 9.17) is 4.74 Å². The summed E-state index contributed by atoms with van der Waals surface area (Å²) in [6, 6.07) is 2.21. The highest BCUT2D eigenvalue weighted by Gasteiger charge is 2.27. The maximum atomic E-state index is 5.80. The summed E-state index contributed by atoms with van der Waals surface area (Å²) in [5.74, 6) is 2.16. The molecule has 0 amide bonds. The minimum Gasteiger partial charge on any atom is -0.370 e. The van der Waals surface area contributed by atoms with E-state index in [0.29, 0.717) is 0 Å². The highest BCUT2D eigenvalue weighted by molar-refractivity contribution is 7.10. The SMILES string of the molecule is Cc1ccsc1CN1CCc2nnc(C3CCCO3)n2CC1. The Kier molecular flexibility index (Phi) is 3.98. The monoisotopic (exact) mass is 318 g/mol. The molecule has 0 N–H and O–H groups in total. The number of rotatable bonds is 3. The maximum Gasteiger partial charge on any atom is 0.162 e. The zero-order chi connectivity index (χ0) is 14.9. The van der Waals surface area contributed by atoms with Crippen LogP contribution in [0.5, 0.6) is 0 Å². The first kappa shape index (κ1) is 14.4. The normalized spacial score (nSPS) is 22.7. The largest absolute Gasteiger partial charge is 0.370 e. The molecule has 2 aliphatic heterocycles. The molecule has 118 valence electrons. The van der Waals surface area contributed by atoms with Crippen LogP contribution in [-0.4, -0.2) is 39.4 Å². The summed E-state index contributed by atoms with van der Waals surface area (Å²) in [4.78, 5) is 4.02. The zero-order valence-corrected chi connectivity index (χ0v) is 13.8. The first-order valence-corrected chi connectivity index (χ1v) is 8.98. The number of ether oxygens (including phenoxy) is 1. The Morgan fingerprint density at radius 3 is 3.05 bits per heavy atom. The van der Waals surface area contributed by atoms with Crippen LogP contribution < -0.4 is 0 Å². The van der Waals surface area contributed by atoms with Gasteiger partial charge in [0.2, 0.25) is 0 Å². The molecule has 4 rings (SSSR count). The van der Waals surface area contributed by atoms with Gasteiger partial charge in [-0.15, -0.1) is 21.5 Å². The van der Waals surface area contributed by atoms with E-state index in [1.807, 2.05) is 11.3 Å². The third-order valence-electron chi connectivity index (χ3n) is 4.70. The lowest BCUT2D eigenvalue weighted by atomic mass is 10.2. The van der Waals surface area contributed by atoms with Gasteiger partial charge in [0.05, 0.1) is 0 Å². The van der Waals surface area contributed by atoms with Gasteiger partial charge < -0.3 is 9.30 Å². The van der Waals surface area contributed by atoms with Gasteiger partial charge in [-0.3, -0.25) is 4.90 Å². The fourth-order valence-corrected chi connectivity index (χ4v) is 4.28. The van der Waals surface area contributed by atoms with Crippen molar-refractivity contribution < 1.29 is 4.74 Å². The molecule has 2 aliphatic rings. The molecule has 6 heteroatoms. The van der Waals surface area contributed by atoms with Crippen molar-refractivity contribution in [2.75, 3.05) is 19.7 Å². The van der Waals surface area contributed by atoms with Crippen molar-refractivity contribution in [3.05, 3.63) is 33.5 Å². The maximum absolute atomic E-state index is 5.80. The summed E-state index contributed by atoms with van der Waals surface area (Å²) < 4.78 is 8.10. The summed E-state index contributed by atoms with van der Waals surface area (Å²) in [5, 5.41) is 11.0. The van der Waals surface area contributed by atoms with Gasteiger partial charge in [0.25, 0.3) is 0 Å². The van der Waals surface area contributed by atoms with Gasteiger partial charge in [-0.2, -0.15) is 0 Å². The van der Waals surface area contributed by atoms with Crippen LogP contribution in [0, 0.1) is 6.92 Å². The second kappa shape index (κ2) is 6.10. The molecule has 0 saturated carbocycles. The molecule has 1 unspecified atom stereocenters. The van der Waals surface area contributed by atoms with E-state index in [2.05, 4.69) is 38.0 Å². The fraction of sp³-hybridized carbons (Fsp3) is 0.625. The van der Waals surface area contributed by atoms with Crippen molar-refractivity contribution in [1.82, 2.24) is 19.7 Å². The number of aromatic nitrogens is 3. The van der Waals surface area contributed by atoms with Crippen LogP contribution in [0.3, 0.4) is 0 Å². The first-order chi connectivity index (χ1) is 10.8. The van der Waals surface area contributed by atoms with Crippen LogP contribution in [0.15, 0.2) is 11.4 Å². The summed E-state index contributed by atoms with van der Waals surface area (Å²) in [7, 11) is 0. The van der Waals surface area contributed by atoms with Crippen LogP contribution in [-0.2, 0) is 24.2 Å². The van der Waals surface area contributed by atoms with Crippen molar-refractivity contribution in [3.63, 3.8) is 0 Å². The molecule has 4 heterocycles. The highest BCUT2D eigenvalue weighted by Crippen LogP contribution is 2.28. The molecule has 22 heavy (non-hydrogen) atoms. The van der Waals surface area contributed by atoms with Gasteiger partial charge in [-0.05, 0) is 36.8 Å². The standard InChI is InChI=1S/C16H22N4OS/c1-12-5-10-22-14(12)11-19-6-4-15-17-18-16(20(15)8-7-19)13-3-2-9-21-13/h5,10,13H,2-4,6-9,11H2,1H3. The van der Waals surface area contributed by atoms with E-state index in [-0.39, 0.29) is 6.10 Å². The van der Waals surface area contributed by atoms with Gasteiger partial charge in [0, 0.05) is 44.1 Å². The minimum absolute atomic E-state index is 0.160. The Balaban J connectivity index is 1.47. The molecular formula is C16H22N4OS. The molecule has 1 saturated heterocycles. The number of fused-ring (bicyclic) bond motifs is 1. The minimum atomic E-state index is 0.160. The van der Waals surface area contributed by atoms with Crippen LogP contribution in [0.2, 0.25) is 0 Å². The van der Waals surface area contributed by atoms with Gasteiger partial charge in [0.1, 0.15) is 11.9 Å². The number of nitrogens with zero attached hydrogens (tertiary/aromatic N) is 4.